The molecule has 0 aromatic carbocycles. The molecule has 0 spiro atoms. The zero-order valence-corrected chi connectivity index (χ0v) is 5.12. The van der Waals surface area contributed by atoms with Gasteiger partial charge < -0.3 is 15.4 Å². The molecule has 5 heteroatoms. The number of rotatable bonds is 5. The lowest BCUT2D eigenvalue weighted by atomic mass is 10.6. The minimum Gasteiger partial charge on any atom is -0.395 e. The van der Waals surface area contributed by atoms with E-state index in [1.165, 1.54) is 5.01 Å². The Morgan fingerprint density at radius 1 is 1.11 bits per heavy atom. The predicted octanol–water partition coefficient (Wildman–Crippen LogP) is -1.83. The number of nitrogens with one attached hydrogen (secondary N) is 1. The number of hydrogen-bond acceptors (Lipinski definition) is 5. The third-order valence-electron chi connectivity index (χ3n) is 0.881. The Morgan fingerprint density at radius 3 is 1.78 bits per heavy atom. The van der Waals surface area contributed by atoms with Gasteiger partial charge in [0.1, 0.15) is 0 Å². The first kappa shape index (κ1) is 8.80. The van der Waals surface area contributed by atoms with E-state index in [1.54, 1.807) is 0 Å². The minimum atomic E-state index is -0.0481. The first-order valence-electron chi connectivity index (χ1n) is 2.71. The van der Waals surface area contributed by atoms with Crippen molar-refractivity contribution in [3.8, 4) is 0 Å². The van der Waals surface area contributed by atoms with Crippen LogP contribution in [0.3, 0.4) is 0 Å². The summed E-state index contributed by atoms with van der Waals surface area (Å²) >= 11 is 0. The molecule has 0 aromatic heterocycles. The minimum absolute atomic E-state index is 0.0481. The second kappa shape index (κ2) is 5.93. The van der Waals surface area contributed by atoms with Crippen molar-refractivity contribution in [1.29, 1.82) is 0 Å². The molecule has 9 heavy (non-hydrogen) atoms. The molecule has 0 saturated heterocycles. The summed E-state index contributed by atoms with van der Waals surface area (Å²) in [6.07, 6.45) is 0. The molecule has 0 aliphatic rings. The third-order valence-corrected chi connectivity index (χ3v) is 0.881. The summed E-state index contributed by atoms with van der Waals surface area (Å²) in [5.74, 6) is 0. The Hall–Kier alpha value is -0.200. The molecule has 56 valence electrons. The number of aliphatic hydroxyl groups is 2. The Bertz CT molecular complexity index is 55.8. The van der Waals surface area contributed by atoms with Crippen molar-refractivity contribution in [2.75, 3.05) is 26.3 Å². The maximum atomic E-state index is 8.32. The topological polar surface area (TPSA) is 76.0 Å². The van der Waals surface area contributed by atoms with Gasteiger partial charge in [-0.05, 0) is 0 Å². The summed E-state index contributed by atoms with van der Waals surface area (Å²) in [4.78, 5) is 0. The lowest BCUT2D eigenvalue weighted by Crippen LogP contribution is -2.39. The maximum absolute atomic E-state index is 8.32. The highest BCUT2D eigenvalue weighted by Crippen LogP contribution is 1.76. The van der Waals surface area contributed by atoms with Crippen molar-refractivity contribution in [1.82, 2.24) is 10.6 Å². The Balaban J connectivity index is 3.18. The average Bonchev–Trinajstić information content (AvgIpc) is 1.88. The predicted molar refractivity (Wildman–Crippen MR) is 30.7 cm³/mol. The van der Waals surface area contributed by atoms with Gasteiger partial charge in [0.2, 0.25) is 0 Å². The molecule has 0 fully saturated rings. The van der Waals surface area contributed by atoms with E-state index in [-0.39, 0.29) is 13.2 Å². The Labute approximate surface area is 53.5 Å². The van der Waals surface area contributed by atoms with E-state index in [2.05, 4.69) is 0 Å². The fourth-order valence-corrected chi connectivity index (χ4v) is 0.453. The van der Waals surface area contributed by atoms with E-state index in [0.29, 0.717) is 13.1 Å². The van der Waals surface area contributed by atoms with E-state index in [4.69, 9.17) is 15.4 Å². The number of aliphatic hydroxyl groups excluding tert-OH is 2. The summed E-state index contributed by atoms with van der Waals surface area (Å²) in [6, 6.07) is 0. The van der Waals surface area contributed by atoms with Gasteiger partial charge in [0.25, 0.3) is 0 Å². The molecule has 0 aliphatic carbocycles. The van der Waals surface area contributed by atoms with Crippen LogP contribution in [0.2, 0.25) is 0 Å². The van der Waals surface area contributed by atoms with Gasteiger partial charge in [0, 0.05) is 13.1 Å². The molecule has 0 rings (SSSR count). The number of nitrogens with zero attached hydrogens (tertiary/aromatic N) is 1. The van der Waals surface area contributed by atoms with Gasteiger partial charge in [0.15, 0.2) is 0 Å². The molecule has 0 unspecified atom stereocenters. The maximum Gasteiger partial charge on any atom is 0.0573 e. The van der Waals surface area contributed by atoms with Gasteiger partial charge in [0.05, 0.1) is 13.2 Å². The molecule has 0 saturated carbocycles. The van der Waals surface area contributed by atoms with Gasteiger partial charge in [-0.25, -0.2) is 5.01 Å². The van der Waals surface area contributed by atoms with E-state index < -0.39 is 0 Å². The van der Waals surface area contributed by atoms with Crippen LogP contribution >= 0.6 is 0 Å². The van der Waals surface area contributed by atoms with Crippen LogP contribution in [-0.4, -0.2) is 46.7 Å². The van der Waals surface area contributed by atoms with Crippen LogP contribution in [0.1, 0.15) is 0 Å². The van der Waals surface area contributed by atoms with Crippen LogP contribution < -0.4 is 5.59 Å². The van der Waals surface area contributed by atoms with Crippen LogP contribution in [0.25, 0.3) is 0 Å². The lowest BCUT2D eigenvalue weighted by molar-refractivity contribution is -0.0355. The summed E-state index contributed by atoms with van der Waals surface area (Å²) < 4.78 is 0. The smallest absolute Gasteiger partial charge is 0.0573 e. The lowest BCUT2D eigenvalue weighted by Gasteiger charge is -2.15. The molecule has 0 radical (unpaired) electrons. The van der Waals surface area contributed by atoms with Crippen molar-refractivity contribution in [3.63, 3.8) is 0 Å². The first-order valence-corrected chi connectivity index (χ1v) is 2.71. The monoisotopic (exact) mass is 136 g/mol. The normalized spacial score (nSPS) is 10.7. The molecule has 0 aliphatic heterocycles. The van der Waals surface area contributed by atoms with Crippen LogP contribution in [0.15, 0.2) is 0 Å². The fraction of sp³-hybridized carbons (Fsp3) is 1.00. The highest BCUT2D eigenvalue weighted by molar-refractivity contribution is 4.43. The Kier molecular flexibility index (Phi) is 5.80. The van der Waals surface area contributed by atoms with E-state index in [1.807, 2.05) is 5.59 Å². The second-order valence-electron chi connectivity index (χ2n) is 1.53. The van der Waals surface area contributed by atoms with Crippen molar-refractivity contribution < 1.29 is 15.4 Å². The van der Waals surface area contributed by atoms with Crippen LogP contribution in [0.4, 0.5) is 0 Å². The number of hydrogen-bond donors (Lipinski definition) is 4. The van der Waals surface area contributed by atoms with E-state index >= 15 is 0 Å². The summed E-state index contributed by atoms with van der Waals surface area (Å²) in [6.45, 7) is 0.509. The van der Waals surface area contributed by atoms with Crippen LogP contribution in [-0.2, 0) is 0 Å². The van der Waals surface area contributed by atoms with Gasteiger partial charge >= 0.3 is 0 Å². The van der Waals surface area contributed by atoms with Crippen molar-refractivity contribution in [3.05, 3.63) is 0 Å². The van der Waals surface area contributed by atoms with E-state index in [0.717, 1.165) is 0 Å². The largest absolute Gasteiger partial charge is 0.395 e. The molecule has 5 nitrogen and oxygen atoms in total. The third kappa shape index (κ3) is 4.31. The van der Waals surface area contributed by atoms with Crippen molar-refractivity contribution >= 4 is 0 Å². The quantitative estimate of drug-likeness (QED) is 0.334. The molecule has 0 amide bonds. The van der Waals surface area contributed by atoms with Gasteiger partial charge in [-0.1, -0.05) is 0 Å². The van der Waals surface area contributed by atoms with Gasteiger partial charge in [-0.15, -0.1) is 5.59 Å². The molecule has 0 heterocycles. The van der Waals surface area contributed by atoms with Crippen LogP contribution in [0, 0.1) is 0 Å². The zero-order chi connectivity index (χ0) is 7.11. The van der Waals surface area contributed by atoms with Gasteiger partial charge in [-0.3, -0.25) is 0 Å². The molecule has 4 N–H and O–H groups in total. The second-order valence-corrected chi connectivity index (χ2v) is 1.53. The van der Waals surface area contributed by atoms with Crippen molar-refractivity contribution in [2.45, 2.75) is 0 Å². The molecule has 0 aromatic rings. The van der Waals surface area contributed by atoms with Gasteiger partial charge in [-0.2, -0.15) is 0 Å². The fourth-order valence-electron chi connectivity index (χ4n) is 0.453. The molecular formula is C4H12N2O3. The Morgan fingerprint density at radius 2 is 1.56 bits per heavy atom. The average molecular weight is 136 g/mol. The summed E-state index contributed by atoms with van der Waals surface area (Å²) in [5, 5.41) is 26.2. The summed E-state index contributed by atoms with van der Waals surface area (Å²) in [5.41, 5.74) is 1.82. The standard InChI is InChI=1S/C4H12N2O3/c7-3-1-6(5-9)2-4-8/h5,7-9H,1-4H2. The van der Waals surface area contributed by atoms with Crippen molar-refractivity contribution in [2.24, 2.45) is 0 Å². The SMILES string of the molecule is OCCN(CCO)NO. The highest BCUT2D eigenvalue weighted by Gasteiger charge is 1.97. The zero-order valence-electron chi connectivity index (χ0n) is 5.12. The molecular weight excluding hydrogens is 124 g/mol. The van der Waals surface area contributed by atoms with Crippen LogP contribution in [0.5, 0.6) is 0 Å². The number of hydrazine groups is 1. The summed E-state index contributed by atoms with van der Waals surface area (Å²) in [7, 11) is 0. The molecule has 0 atom stereocenters. The first-order chi connectivity index (χ1) is 4.35. The highest BCUT2D eigenvalue weighted by atomic mass is 16.5. The van der Waals surface area contributed by atoms with E-state index in [9.17, 15) is 0 Å². The molecule has 0 bridgehead atoms.